The van der Waals surface area contributed by atoms with E-state index in [1.807, 2.05) is 0 Å². The minimum Gasteiger partial charge on any atom is -0.311 e. The average molecular weight is 759 g/mol. The van der Waals surface area contributed by atoms with E-state index in [1.165, 1.54) is 60.9 Å². The van der Waals surface area contributed by atoms with Crippen LogP contribution in [0.15, 0.2) is 218 Å². The molecule has 0 aromatic heterocycles. The second kappa shape index (κ2) is 14.1. The highest BCUT2D eigenvalue weighted by atomic mass is 35.5. The van der Waals surface area contributed by atoms with Crippen molar-refractivity contribution in [2.45, 2.75) is 0 Å². The lowest BCUT2D eigenvalue weighted by molar-refractivity contribution is 1.25. The van der Waals surface area contributed by atoms with Crippen molar-refractivity contribution in [3.05, 3.63) is 223 Å². The summed E-state index contributed by atoms with van der Waals surface area (Å²) >= 11 is 7.26. The highest BCUT2D eigenvalue weighted by Crippen LogP contribution is 2.46. The zero-order chi connectivity index (χ0) is 38.6. The van der Waals surface area contributed by atoms with Gasteiger partial charge < -0.3 is 9.80 Å². The van der Waals surface area contributed by atoms with E-state index in [0.717, 1.165) is 34.1 Å². The normalized spacial score (nSPS) is 12.5. The van der Waals surface area contributed by atoms with Gasteiger partial charge in [-0.1, -0.05) is 181 Å². The number of hydrogen-bond acceptors (Lipinski definition) is 2. The van der Waals surface area contributed by atoms with Gasteiger partial charge in [0.2, 0.25) is 0 Å². The van der Waals surface area contributed by atoms with Gasteiger partial charge in [0, 0.05) is 39.1 Å². The molecule has 0 saturated heterocycles. The molecule has 9 aromatic rings. The van der Waals surface area contributed by atoms with Gasteiger partial charge in [0.05, 0.1) is 0 Å². The lowest BCUT2D eigenvalue weighted by Crippen LogP contribution is -2.61. The molecule has 0 saturated carbocycles. The van der Waals surface area contributed by atoms with Gasteiger partial charge in [-0.2, -0.15) is 0 Å². The maximum Gasteiger partial charge on any atom is 0.252 e. The summed E-state index contributed by atoms with van der Waals surface area (Å²) in [4.78, 5) is 4.84. The van der Waals surface area contributed by atoms with Crippen LogP contribution in [0.3, 0.4) is 0 Å². The first-order chi connectivity index (χ1) is 28.7. The molecule has 0 bridgehead atoms. The molecule has 0 spiro atoms. The number of anilines is 6. The van der Waals surface area contributed by atoms with Crippen molar-refractivity contribution in [1.82, 2.24) is 0 Å². The second-order valence-corrected chi connectivity index (χ2v) is 15.5. The highest BCUT2D eigenvalue weighted by molar-refractivity contribution is 7.00. The molecule has 9 aromatic carbocycles. The first-order valence-corrected chi connectivity index (χ1v) is 20.2. The van der Waals surface area contributed by atoms with E-state index in [1.54, 1.807) is 0 Å². The zero-order valence-electron chi connectivity index (χ0n) is 31.6. The average Bonchev–Trinajstić information content (AvgIpc) is 3.30. The number of benzene rings is 9. The van der Waals surface area contributed by atoms with Crippen molar-refractivity contribution >= 4 is 68.8 Å². The van der Waals surface area contributed by atoms with Crippen LogP contribution in [0, 0.1) is 0 Å². The standard InChI is InChI=1S/C54H36BClN2/c56-45-35-52-54-53(36-45)58(47-29-23-42(24-30-47)38-15-7-2-8-16-38)51-32-26-44(40-19-11-4-12-20-40)34-49(51)55(54)48-33-43(39-17-9-3-10-18-39)25-31-50(48)57(52)46-27-21-41(22-28-46)37-13-5-1-6-14-37/h1-36H. The van der Waals surface area contributed by atoms with Crippen molar-refractivity contribution in [3.63, 3.8) is 0 Å². The Hall–Kier alpha value is -7.07. The molecule has 0 unspecified atom stereocenters. The monoisotopic (exact) mass is 758 g/mol. The first-order valence-electron chi connectivity index (χ1n) is 19.8. The topological polar surface area (TPSA) is 6.48 Å². The fraction of sp³-hybridized carbons (Fsp3) is 0. The number of rotatable bonds is 6. The van der Waals surface area contributed by atoms with Crippen molar-refractivity contribution in [2.75, 3.05) is 9.80 Å². The maximum absolute atomic E-state index is 7.26. The Labute approximate surface area is 345 Å². The quantitative estimate of drug-likeness (QED) is 0.156. The van der Waals surface area contributed by atoms with Crippen LogP contribution >= 0.6 is 11.6 Å². The number of fused-ring (bicyclic) bond motifs is 4. The Kier molecular flexibility index (Phi) is 8.34. The Morgan fingerprint density at radius 1 is 0.293 bits per heavy atom. The number of halogens is 1. The molecule has 2 aliphatic heterocycles. The van der Waals surface area contributed by atoms with E-state index >= 15 is 0 Å². The van der Waals surface area contributed by atoms with Crippen LogP contribution in [0.5, 0.6) is 0 Å². The Bertz CT molecular complexity index is 2740. The molecule has 0 atom stereocenters. The van der Waals surface area contributed by atoms with Crippen LogP contribution in [0.25, 0.3) is 44.5 Å². The van der Waals surface area contributed by atoms with E-state index in [4.69, 9.17) is 11.6 Å². The van der Waals surface area contributed by atoms with Crippen molar-refractivity contribution < 1.29 is 0 Å². The predicted octanol–water partition coefficient (Wildman–Crippen LogP) is 13.1. The summed E-state index contributed by atoms with van der Waals surface area (Å²) in [6.45, 7) is -0.0562. The van der Waals surface area contributed by atoms with Crippen molar-refractivity contribution in [2.24, 2.45) is 0 Å². The predicted molar refractivity (Wildman–Crippen MR) is 247 cm³/mol. The van der Waals surface area contributed by atoms with E-state index in [-0.39, 0.29) is 6.71 Å². The SMILES string of the molecule is Clc1cc2c3c(c1)N(c1ccc(-c4ccccc4)cc1)c1ccc(-c4ccccc4)cc1B3c1cc(-c3ccccc3)ccc1N2c1ccc(-c2ccccc2)cc1. The Morgan fingerprint density at radius 2 is 0.603 bits per heavy atom. The first kappa shape index (κ1) is 34.2. The van der Waals surface area contributed by atoms with Gasteiger partial charge in [0.25, 0.3) is 6.71 Å². The minimum atomic E-state index is -0.0562. The molecule has 0 N–H and O–H groups in total. The Morgan fingerprint density at radius 3 is 0.966 bits per heavy atom. The summed E-state index contributed by atoms with van der Waals surface area (Å²) in [6.07, 6.45) is 0. The number of hydrogen-bond donors (Lipinski definition) is 0. The third kappa shape index (κ3) is 5.83. The van der Waals surface area contributed by atoms with E-state index in [9.17, 15) is 0 Å². The molecule has 2 heterocycles. The fourth-order valence-corrected chi connectivity index (χ4v) is 9.22. The summed E-state index contributed by atoms with van der Waals surface area (Å²) in [5.74, 6) is 0. The lowest BCUT2D eigenvalue weighted by atomic mass is 9.33. The molecule has 4 heteroatoms. The van der Waals surface area contributed by atoms with Crippen LogP contribution in [-0.4, -0.2) is 6.71 Å². The molecular weight excluding hydrogens is 723 g/mol. The second-order valence-electron chi connectivity index (χ2n) is 15.1. The molecular formula is C54H36BClN2. The van der Waals surface area contributed by atoms with Crippen LogP contribution in [0.2, 0.25) is 5.02 Å². The molecule has 11 rings (SSSR count). The smallest absolute Gasteiger partial charge is 0.252 e. The maximum atomic E-state index is 7.26. The van der Waals surface area contributed by atoms with E-state index < -0.39 is 0 Å². The summed E-state index contributed by atoms with van der Waals surface area (Å²) in [5.41, 5.74) is 19.9. The van der Waals surface area contributed by atoms with Crippen LogP contribution in [-0.2, 0) is 0 Å². The third-order valence-electron chi connectivity index (χ3n) is 11.7. The van der Waals surface area contributed by atoms with Crippen molar-refractivity contribution in [1.29, 1.82) is 0 Å². The van der Waals surface area contributed by atoms with Crippen LogP contribution in [0.4, 0.5) is 34.1 Å². The number of nitrogens with zero attached hydrogens (tertiary/aromatic N) is 2. The molecule has 0 fully saturated rings. The van der Waals surface area contributed by atoms with Crippen LogP contribution < -0.4 is 26.2 Å². The van der Waals surface area contributed by atoms with Gasteiger partial charge in [-0.05, 0) is 109 Å². The molecule has 0 aliphatic carbocycles. The molecule has 58 heavy (non-hydrogen) atoms. The van der Waals surface area contributed by atoms with E-state index in [0.29, 0.717) is 5.02 Å². The zero-order valence-corrected chi connectivity index (χ0v) is 32.4. The third-order valence-corrected chi connectivity index (χ3v) is 11.9. The van der Waals surface area contributed by atoms with Gasteiger partial charge >= 0.3 is 0 Å². The highest BCUT2D eigenvalue weighted by Gasteiger charge is 2.44. The lowest BCUT2D eigenvalue weighted by Gasteiger charge is -2.44. The summed E-state index contributed by atoms with van der Waals surface area (Å²) in [5, 5.41) is 0.693. The van der Waals surface area contributed by atoms with Gasteiger partial charge in [0.15, 0.2) is 0 Å². The van der Waals surface area contributed by atoms with Crippen LogP contribution in [0.1, 0.15) is 0 Å². The molecule has 0 radical (unpaired) electrons. The summed E-state index contributed by atoms with van der Waals surface area (Å²) in [7, 11) is 0. The van der Waals surface area contributed by atoms with Crippen molar-refractivity contribution in [3.8, 4) is 44.5 Å². The summed E-state index contributed by atoms with van der Waals surface area (Å²) in [6, 6.07) is 78.8. The van der Waals surface area contributed by atoms with Gasteiger partial charge in [-0.25, -0.2) is 0 Å². The largest absolute Gasteiger partial charge is 0.311 e. The van der Waals surface area contributed by atoms with Gasteiger partial charge in [0.1, 0.15) is 0 Å². The molecule has 2 aliphatic rings. The van der Waals surface area contributed by atoms with E-state index in [2.05, 4.69) is 228 Å². The summed E-state index contributed by atoms with van der Waals surface area (Å²) < 4.78 is 0. The fourth-order valence-electron chi connectivity index (χ4n) is 9.02. The molecule has 2 nitrogen and oxygen atoms in total. The van der Waals surface area contributed by atoms with Gasteiger partial charge in [-0.15, -0.1) is 0 Å². The Balaban J connectivity index is 1.17. The molecule has 0 amide bonds. The minimum absolute atomic E-state index is 0.0562. The van der Waals surface area contributed by atoms with Gasteiger partial charge in [-0.3, -0.25) is 0 Å². The molecule has 272 valence electrons.